The Hall–Kier alpha value is -2.57. The van der Waals surface area contributed by atoms with Gasteiger partial charge in [0, 0.05) is 54.6 Å². The molecule has 1 atom stereocenters. The maximum Gasteiger partial charge on any atom is 0.228 e. The Kier molecular flexibility index (Phi) is 5.71. The molecular formula is C23H32N6O. The van der Waals surface area contributed by atoms with Gasteiger partial charge in [0.2, 0.25) is 11.9 Å². The molecule has 2 aromatic heterocycles. The van der Waals surface area contributed by atoms with Crippen molar-refractivity contribution in [1.29, 1.82) is 0 Å². The van der Waals surface area contributed by atoms with Crippen molar-refractivity contribution >= 4 is 17.7 Å². The molecule has 7 nitrogen and oxygen atoms in total. The second kappa shape index (κ2) is 8.28. The van der Waals surface area contributed by atoms with Gasteiger partial charge in [-0.2, -0.15) is 0 Å². The lowest BCUT2D eigenvalue weighted by Crippen LogP contribution is -2.38. The minimum Gasteiger partial charge on any atom is -0.340 e. The van der Waals surface area contributed by atoms with Gasteiger partial charge in [-0.05, 0) is 52.0 Å². The first-order valence-corrected chi connectivity index (χ1v) is 11.1. The minimum absolute atomic E-state index is 0.184. The fourth-order valence-electron chi connectivity index (χ4n) is 4.40. The van der Waals surface area contributed by atoms with Crippen molar-refractivity contribution in [2.45, 2.75) is 66.2 Å². The van der Waals surface area contributed by atoms with Crippen molar-refractivity contribution in [2.75, 3.05) is 29.4 Å². The fourth-order valence-corrected chi connectivity index (χ4v) is 4.40. The molecule has 1 saturated heterocycles. The third-order valence-electron chi connectivity index (χ3n) is 6.09. The van der Waals surface area contributed by atoms with Gasteiger partial charge in [-0.15, -0.1) is 0 Å². The number of hydrogen-bond acceptors (Lipinski definition) is 6. The molecule has 1 fully saturated rings. The molecule has 1 amide bonds. The van der Waals surface area contributed by atoms with Crippen LogP contribution in [0, 0.1) is 26.7 Å². The van der Waals surface area contributed by atoms with Crippen molar-refractivity contribution in [3.05, 3.63) is 34.5 Å². The first-order chi connectivity index (χ1) is 14.3. The van der Waals surface area contributed by atoms with Crippen molar-refractivity contribution in [3.8, 4) is 0 Å². The second-order valence-corrected chi connectivity index (χ2v) is 9.08. The first kappa shape index (κ1) is 20.7. The van der Waals surface area contributed by atoms with Crippen molar-refractivity contribution in [1.82, 2.24) is 19.9 Å². The lowest BCUT2D eigenvalue weighted by molar-refractivity contribution is -0.119. The Labute approximate surface area is 179 Å². The Bertz CT molecular complexity index is 937. The van der Waals surface area contributed by atoms with E-state index in [4.69, 9.17) is 9.97 Å². The standard InChI is InChI=1S/C23H32N6O/c1-14(2)8-11-29-20(30)7-6-19-17(5)26-21(27-22(19)29)18-9-10-28(13-18)23-24-15(3)12-16(4)25-23/h12,14,18H,6-11,13H2,1-5H3/t18-/m0/s1. The summed E-state index contributed by atoms with van der Waals surface area (Å²) in [6, 6.07) is 2.00. The van der Waals surface area contributed by atoms with E-state index in [1.165, 1.54) is 0 Å². The SMILES string of the molecule is Cc1cc(C)nc(N2CC[C@H](c3nc(C)c4c(n3)N(CCC(C)C)C(=O)CC4)C2)n1. The van der Waals surface area contributed by atoms with Gasteiger partial charge in [0.05, 0.1) is 0 Å². The normalized spacial score (nSPS) is 19.0. The van der Waals surface area contributed by atoms with Crippen molar-refractivity contribution in [3.63, 3.8) is 0 Å². The van der Waals surface area contributed by atoms with Gasteiger partial charge in [0.25, 0.3) is 0 Å². The van der Waals surface area contributed by atoms with Crippen LogP contribution in [0.15, 0.2) is 6.07 Å². The molecule has 0 N–H and O–H groups in total. The van der Waals surface area contributed by atoms with Crippen LogP contribution in [0.4, 0.5) is 11.8 Å². The number of carbonyl (C=O) groups excluding carboxylic acids is 1. The predicted octanol–water partition coefficient (Wildman–Crippen LogP) is 3.51. The highest BCUT2D eigenvalue weighted by molar-refractivity contribution is 5.95. The summed E-state index contributed by atoms with van der Waals surface area (Å²) in [5, 5.41) is 0. The topological polar surface area (TPSA) is 75.1 Å². The Balaban J connectivity index is 1.60. The molecule has 160 valence electrons. The quantitative estimate of drug-likeness (QED) is 0.754. The number of aryl methyl sites for hydroxylation is 3. The monoisotopic (exact) mass is 408 g/mol. The van der Waals surface area contributed by atoms with E-state index in [-0.39, 0.29) is 11.8 Å². The molecule has 2 aromatic rings. The fraction of sp³-hybridized carbons (Fsp3) is 0.609. The number of aromatic nitrogens is 4. The summed E-state index contributed by atoms with van der Waals surface area (Å²) in [5.74, 6) is 3.44. The molecule has 0 saturated carbocycles. The molecule has 0 unspecified atom stereocenters. The number of rotatable bonds is 5. The Morgan fingerprint density at radius 3 is 2.50 bits per heavy atom. The highest BCUT2D eigenvalue weighted by Crippen LogP contribution is 2.33. The largest absolute Gasteiger partial charge is 0.340 e. The van der Waals surface area contributed by atoms with Crippen LogP contribution in [0.3, 0.4) is 0 Å². The number of anilines is 2. The molecule has 30 heavy (non-hydrogen) atoms. The van der Waals surface area contributed by atoms with Crippen LogP contribution in [-0.2, 0) is 11.2 Å². The summed E-state index contributed by atoms with van der Waals surface area (Å²) in [7, 11) is 0. The third-order valence-corrected chi connectivity index (χ3v) is 6.09. The van der Waals surface area contributed by atoms with E-state index in [1.807, 2.05) is 24.8 Å². The summed E-state index contributed by atoms with van der Waals surface area (Å²) in [5.41, 5.74) is 4.12. The van der Waals surface area contributed by atoms with Crippen LogP contribution in [0.5, 0.6) is 0 Å². The van der Waals surface area contributed by atoms with Gasteiger partial charge >= 0.3 is 0 Å². The van der Waals surface area contributed by atoms with E-state index in [1.54, 1.807) is 0 Å². The summed E-state index contributed by atoms with van der Waals surface area (Å²) in [4.78, 5) is 35.8. The van der Waals surface area contributed by atoms with Gasteiger partial charge < -0.3 is 4.90 Å². The molecule has 7 heteroatoms. The molecule has 2 aliphatic heterocycles. The summed E-state index contributed by atoms with van der Waals surface area (Å²) >= 11 is 0. The molecule has 4 rings (SSSR count). The minimum atomic E-state index is 0.184. The lowest BCUT2D eigenvalue weighted by atomic mass is 10.0. The van der Waals surface area contributed by atoms with Gasteiger partial charge in [-0.1, -0.05) is 13.8 Å². The molecular weight excluding hydrogens is 376 g/mol. The van der Waals surface area contributed by atoms with Crippen molar-refractivity contribution in [2.24, 2.45) is 5.92 Å². The smallest absolute Gasteiger partial charge is 0.228 e. The summed E-state index contributed by atoms with van der Waals surface area (Å²) in [6.45, 7) is 12.9. The molecule has 0 spiro atoms. The average molecular weight is 409 g/mol. The number of hydrogen-bond donors (Lipinski definition) is 0. The second-order valence-electron chi connectivity index (χ2n) is 9.08. The number of fused-ring (bicyclic) bond motifs is 1. The van der Waals surface area contributed by atoms with Crippen LogP contribution in [-0.4, -0.2) is 45.5 Å². The van der Waals surface area contributed by atoms with E-state index >= 15 is 0 Å². The van der Waals surface area contributed by atoms with Gasteiger partial charge in [-0.25, -0.2) is 19.9 Å². The highest BCUT2D eigenvalue weighted by atomic mass is 16.2. The van der Waals surface area contributed by atoms with E-state index in [9.17, 15) is 4.79 Å². The zero-order valence-electron chi connectivity index (χ0n) is 18.8. The van der Waals surface area contributed by atoms with Gasteiger partial charge in [0.15, 0.2) is 0 Å². The lowest BCUT2D eigenvalue weighted by Gasteiger charge is -2.30. The molecule has 0 aliphatic carbocycles. The van der Waals surface area contributed by atoms with Crippen LogP contribution in [0.1, 0.15) is 67.5 Å². The van der Waals surface area contributed by atoms with E-state index < -0.39 is 0 Å². The number of amides is 1. The summed E-state index contributed by atoms with van der Waals surface area (Å²) < 4.78 is 0. The Morgan fingerprint density at radius 1 is 1.07 bits per heavy atom. The van der Waals surface area contributed by atoms with Gasteiger partial charge in [-0.3, -0.25) is 9.69 Å². The van der Waals surface area contributed by atoms with Crippen molar-refractivity contribution < 1.29 is 4.79 Å². The molecule has 0 aromatic carbocycles. The van der Waals surface area contributed by atoms with Crippen LogP contribution in [0.2, 0.25) is 0 Å². The first-order valence-electron chi connectivity index (χ1n) is 11.1. The molecule has 2 aliphatic rings. The Morgan fingerprint density at radius 2 is 1.80 bits per heavy atom. The predicted molar refractivity (Wildman–Crippen MR) is 118 cm³/mol. The maximum absolute atomic E-state index is 12.7. The van der Waals surface area contributed by atoms with Crippen LogP contribution < -0.4 is 9.80 Å². The highest BCUT2D eigenvalue weighted by Gasteiger charge is 2.32. The zero-order chi connectivity index (χ0) is 21.4. The van der Waals surface area contributed by atoms with E-state index in [0.29, 0.717) is 12.3 Å². The number of nitrogens with zero attached hydrogens (tertiary/aromatic N) is 6. The molecule has 0 radical (unpaired) electrons. The van der Waals surface area contributed by atoms with Gasteiger partial charge in [0.1, 0.15) is 11.6 Å². The van der Waals surface area contributed by atoms with E-state index in [2.05, 4.69) is 35.6 Å². The maximum atomic E-state index is 12.7. The third kappa shape index (κ3) is 4.16. The summed E-state index contributed by atoms with van der Waals surface area (Å²) in [6.07, 6.45) is 3.24. The molecule has 4 heterocycles. The molecule has 0 bridgehead atoms. The number of carbonyl (C=O) groups is 1. The average Bonchev–Trinajstić information content (AvgIpc) is 3.16. The zero-order valence-corrected chi connectivity index (χ0v) is 18.8. The van der Waals surface area contributed by atoms with E-state index in [0.717, 1.165) is 79.1 Å². The van der Waals surface area contributed by atoms with Crippen LogP contribution >= 0.6 is 0 Å². The van der Waals surface area contributed by atoms with Crippen LogP contribution in [0.25, 0.3) is 0 Å².